The number of nitrogens with zero attached hydrogens (tertiary/aromatic N) is 1. The lowest BCUT2D eigenvalue weighted by Crippen LogP contribution is -2.37. The number of rotatable bonds is 3. The lowest BCUT2D eigenvalue weighted by molar-refractivity contribution is -0.131. The van der Waals surface area contributed by atoms with Gasteiger partial charge in [-0.2, -0.15) is 13.2 Å². The Morgan fingerprint density at radius 3 is 2.55 bits per heavy atom. The minimum atomic E-state index is -4.34. The van der Waals surface area contributed by atoms with Crippen molar-refractivity contribution in [3.05, 3.63) is 47.0 Å². The standard InChI is InChI=1S/C15H14F3NO3/c16-15(17,18)12-4-6-19(7-5-12)13(20)9-10-2-1-3-11(8-10)14(21)22/h1-4,8H,5-7,9H2,(H,21,22). The summed E-state index contributed by atoms with van der Waals surface area (Å²) < 4.78 is 37.5. The van der Waals surface area contributed by atoms with Crippen molar-refractivity contribution in [3.8, 4) is 0 Å². The number of amides is 1. The largest absolute Gasteiger partial charge is 0.478 e. The second-order valence-electron chi connectivity index (χ2n) is 5.00. The van der Waals surface area contributed by atoms with Gasteiger partial charge in [-0.3, -0.25) is 4.79 Å². The number of halogens is 3. The molecule has 1 N–H and O–H groups in total. The van der Waals surface area contributed by atoms with E-state index in [1.165, 1.54) is 23.1 Å². The lowest BCUT2D eigenvalue weighted by atomic mass is 10.0. The van der Waals surface area contributed by atoms with Crippen LogP contribution >= 0.6 is 0 Å². The highest BCUT2D eigenvalue weighted by molar-refractivity contribution is 5.88. The minimum Gasteiger partial charge on any atom is -0.478 e. The van der Waals surface area contributed by atoms with Gasteiger partial charge in [-0.15, -0.1) is 0 Å². The van der Waals surface area contributed by atoms with Crippen LogP contribution in [0.15, 0.2) is 35.9 Å². The maximum absolute atomic E-state index is 12.5. The highest BCUT2D eigenvalue weighted by Crippen LogP contribution is 2.30. The van der Waals surface area contributed by atoms with Crippen molar-refractivity contribution in [2.45, 2.75) is 19.0 Å². The molecule has 7 heteroatoms. The Morgan fingerprint density at radius 2 is 2.00 bits per heavy atom. The van der Waals surface area contributed by atoms with E-state index in [0.717, 1.165) is 6.08 Å². The van der Waals surface area contributed by atoms with Crippen molar-refractivity contribution < 1.29 is 27.9 Å². The van der Waals surface area contributed by atoms with Crippen LogP contribution < -0.4 is 0 Å². The zero-order valence-electron chi connectivity index (χ0n) is 11.6. The molecular weight excluding hydrogens is 299 g/mol. The number of aromatic carboxylic acids is 1. The van der Waals surface area contributed by atoms with Crippen LogP contribution in [-0.2, 0) is 11.2 Å². The molecule has 0 aromatic heterocycles. The molecule has 0 unspecified atom stereocenters. The smallest absolute Gasteiger partial charge is 0.412 e. The molecule has 2 rings (SSSR count). The average molecular weight is 313 g/mol. The Hall–Kier alpha value is -2.31. The van der Waals surface area contributed by atoms with Crippen LogP contribution in [0.1, 0.15) is 22.3 Å². The Morgan fingerprint density at radius 1 is 1.27 bits per heavy atom. The Labute approximate surface area is 124 Å². The lowest BCUT2D eigenvalue weighted by Gasteiger charge is -2.27. The summed E-state index contributed by atoms with van der Waals surface area (Å²) in [5.74, 6) is -1.41. The minimum absolute atomic E-state index is 0.0167. The third kappa shape index (κ3) is 3.87. The zero-order valence-corrected chi connectivity index (χ0v) is 11.6. The molecule has 4 nitrogen and oxygen atoms in total. The molecule has 1 aromatic carbocycles. The fourth-order valence-corrected chi connectivity index (χ4v) is 2.25. The van der Waals surface area contributed by atoms with Crippen molar-refractivity contribution in [2.24, 2.45) is 0 Å². The molecule has 0 aliphatic carbocycles. The van der Waals surface area contributed by atoms with Crippen molar-refractivity contribution in [1.29, 1.82) is 0 Å². The van der Waals surface area contributed by atoms with Crippen LogP contribution in [0.5, 0.6) is 0 Å². The predicted octanol–water partition coefficient (Wildman–Crippen LogP) is 2.65. The summed E-state index contributed by atoms with van der Waals surface area (Å²) >= 11 is 0. The first kappa shape index (κ1) is 16.1. The van der Waals surface area contributed by atoms with Gasteiger partial charge in [0.05, 0.1) is 12.0 Å². The molecule has 1 aromatic rings. The summed E-state index contributed by atoms with van der Waals surface area (Å²) in [4.78, 5) is 24.3. The maximum Gasteiger partial charge on any atom is 0.412 e. The fourth-order valence-electron chi connectivity index (χ4n) is 2.25. The van der Waals surface area contributed by atoms with E-state index in [1.807, 2.05) is 0 Å². The fraction of sp³-hybridized carbons (Fsp3) is 0.333. The summed E-state index contributed by atoms with van der Waals surface area (Å²) in [6, 6.07) is 5.95. The topological polar surface area (TPSA) is 57.6 Å². The van der Waals surface area contributed by atoms with Crippen LogP contribution in [0.4, 0.5) is 13.2 Å². The van der Waals surface area contributed by atoms with Gasteiger partial charge in [0.25, 0.3) is 0 Å². The molecule has 0 fully saturated rings. The number of hydrogen-bond donors (Lipinski definition) is 1. The Balaban J connectivity index is 2.01. The molecule has 0 atom stereocenters. The van der Waals surface area contributed by atoms with Gasteiger partial charge in [-0.1, -0.05) is 18.2 Å². The Bertz CT molecular complexity index is 623. The number of carbonyl (C=O) groups is 2. The van der Waals surface area contributed by atoms with Crippen LogP contribution in [0.25, 0.3) is 0 Å². The quantitative estimate of drug-likeness (QED) is 0.873. The molecule has 0 radical (unpaired) electrons. The summed E-state index contributed by atoms with van der Waals surface area (Å²) in [6.45, 7) is -0.0604. The SMILES string of the molecule is O=C(O)c1cccc(CC(=O)N2CC=C(C(F)(F)F)CC2)c1. The predicted molar refractivity (Wildman–Crippen MR) is 72.4 cm³/mol. The van der Waals surface area contributed by atoms with Gasteiger partial charge in [0.2, 0.25) is 5.91 Å². The van der Waals surface area contributed by atoms with Crippen LogP contribution in [0.3, 0.4) is 0 Å². The van der Waals surface area contributed by atoms with E-state index >= 15 is 0 Å². The van der Waals surface area contributed by atoms with Crippen molar-refractivity contribution in [3.63, 3.8) is 0 Å². The number of benzene rings is 1. The number of carboxylic acids is 1. The molecule has 118 valence electrons. The van der Waals surface area contributed by atoms with Crippen molar-refractivity contribution >= 4 is 11.9 Å². The van der Waals surface area contributed by atoms with E-state index in [9.17, 15) is 22.8 Å². The van der Waals surface area contributed by atoms with Gasteiger partial charge in [0, 0.05) is 18.7 Å². The van der Waals surface area contributed by atoms with Crippen LogP contribution in [-0.4, -0.2) is 41.1 Å². The van der Waals surface area contributed by atoms with Crippen LogP contribution in [0, 0.1) is 0 Å². The highest BCUT2D eigenvalue weighted by atomic mass is 19.4. The zero-order chi connectivity index (χ0) is 16.3. The van der Waals surface area contributed by atoms with Crippen molar-refractivity contribution in [2.75, 3.05) is 13.1 Å². The van der Waals surface area contributed by atoms with Gasteiger partial charge < -0.3 is 10.0 Å². The second kappa shape index (κ2) is 6.21. The number of hydrogen-bond acceptors (Lipinski definition) is 2. The Kier molecular flexibility index (Phi) is 4.54. The maximum atomic E-state index is 12.5. The molecule has 0 saturated carbocycles. The van der Waals surface area contributed by atoms with Crippen LogP contribution in [0.2, 0.25) is 0 Å². The number of alkyl halides is 3. The van der Waals surface area contributed by atoms with E-state index in [2.05, 4.69) is 0 Å². The summed E-state index contributed by atoms with van der Waals surface area (Å²) in [7, 11) is 0. The molecule has 0 saturated heterocycles. The molecular formula is C15H14F3NO3. The number of carbonyl (C=O) groups excluding carboxylic acids is 1. The van der Waals surface area contributed by atoms with E-state index in [1.54, 1.807) is 6.07 Å². The van der Waals surface area contributed by atoms with E-state index in [0.29, 0.717) is 5.56 Å². The third-order valence-corrected chi connectivity index (χ3v) is 3.46. The van der Waals surface area contributed by atoms with Gasteiger partial charge in [-0.25, -0.2) is 4.79 Å². The summed E-state index contributed by atoms with van der Waals surface area (Å²) in [5.41, 5.74) is -0.0110. The van der Waals surface area contributed by atoms with E-state index in [4.69, 9.17) is 5.11 Å². The molecule has 1 aliphatic rings. The third-order valence-electron chi connectivity index (χ3n) is 3.46. The first-order valence-electron chi connectivity index (χ1n) is 6.63. The first-order chi connectivity index (χ1) is 10.3. The van der Waals surface area contributed by atoms with Crippen molar-refractivity contribution in [1.82, 2.24) is 4.90 Å². The molecule has 22 heavy (non-hydrogen) atoms. The first-order valence-corrected chi connectivity index (χ1v) is 6.63. The second-order valence-corrected chi connectivity index (χ2v) is 5.00. The molecule has 1 heterocycles. The number of carboxylic acid groups (broad SMARTS) is 1. The van der Waals surface area contributed by atoms with Gasteiger partial charge in [-0.05, 0) is 24.1 Å². The average Bonchev–Trinajstić information content (AvgIpc) is 2.46. The monoisotopic (exact) mass is 313 g/mol. The van der Waals surface area contributed by atoms with Gasteiger partial charge >= 0.3 is 12.1 Å². The van der Waals surface area contributed by atoms with E-state index < -0.39 is 17.7 Å². The van der Waals surface area contributed by atoms with Gasteiger partial charge in [0.1, 0.15) is 0 Å². The molecule has 0 spiro atoms. The highest BCUT2D eigenvalue weighted by Gasteiger charge is 2.35. The van der Waals surface area contributed by atoms with Gasteiger partial charge in [0.15, 0.2) is 0 Å². The summed E-state index contributed by atoms with van der Waals surface area (Å²) in [6.07, 6.45) is -3.57. The normalized spacial score (nSPS) is 15.4. The molecule has 1 aliphatic heterocycles. The summed E-state index contributed by atoms with van der Waals surface area (Å²) in [5, 5.41) is 8.89. The van der Waals surface area contributed by atoms with E-state index in [-0.39, 0.29) is 37.4 Å². The molecule has 1 amide bonds. The molecule has 0 bridgehead atoms.